The first-order valence-electron chi connectivity index (χ1n) is 9.88. The first kappa shape index (κ1) is 21.5. The molecule has 2 amide bonds. The highest BCUT2D eigenvalue weighted by Crippen LogP contribution is 2.25. The standard InChI is InChI=1S/C24H20N2O5S/c25-22(27)17-3-1-16(2-4-17)15-32-21-11-5-18(6-12-21)23(28)31-20-9-7-19(8-10-20)26-13-14-30-24(26)29/h1-12H,13-15H2,(H2,25,27). The number of nitrogens with zero attached hydrogens (tertiary/aromatic N) is 1. The molecular formula is C24H20N2O5S. The third-order valence-corrected chi connectivity index (χ3v) is 5.94. The van der Waals surface area contributed by atoms with Crippen LogP contribution in [0.3, 0.4) is 0 Å². The second-order valence-corrected chi connectivity index (χ2v) is 8.07. The fourth-order valence-electron chi connectivity index (χ4n) is 3.11. The lowest BCUT2D eigenvalue weighted by atomic mass is 10.1. The third kappa shape index (κ3) is 5.09. The van der Waals surface area contributed by atoms with Crippen LogP contribution < -0.4 is 15.4 Å². The van der Waals surface area contributed by atoms with Gasteiger partial charge < -0.3 is 15.2 Å². The number of thioether (sulfide) groups is 1. The summed E-state index contributed by atoms with van der Waals surface area (Å²) in [5.74, 6) is 0.208. The molecule has 8 heteroatoms. The summed E-state index contributed by atoms with van der Waals surface area (Å²) in [7, 11) is 0. The minimum absolute atomic E-state index is 0.366. The number of nitrogens with two attached hydrogens (primary N) is 1. The minimum atomic E-state index is -0.461. The van der Waals surface area contributed by atoms with Gasteiger partial charge in [-0.05, 0) is 66.2 Å². The molecule has 1 fully saturated rings. The number of primary amides is 1. The fraction of sp³-hybridized carbons (Fsp3) is 0.125. The number of anilines is 1. The number of ether oxygens (including phenoxy) is 2. The van der Waals surface area contributed by atoms with Crippen molar-refractivity contribution in [1.29, 1.82) is 0 Å². The number of rotatable bonds is 7. The predicted octanol–water partition coefficient (Wildman–Crippen LogP) is 4.25. The van der Waals surface area contributed by atoms with E-state index in [1.807, 2.05) is 24.3 Å². The zero-order chi connectivity index (χ0) is 22.5. The van der Waals surface area contributed by atoms with E-state index in [1.165, 1.54) is 4.90 Å². The minimum Gasteiger partial charge on any atom is -0.447 e. The lowest BCUT2D eigenvalue weighted by molar-refractivity contribution is 0.0734. The van der Waals surface area contributed by atoms with Gasteiger partial charge in [-0.3, -0.25) is 9.69 Å². The van der Waals surface area contributed by atoms with Gasteiger partial charge in [-0.1, -0.05) is 12.1 Å². The molecule has 2 N–H and O–H groups in total. The number of carbonyl (C=O) groups excluding carboxylic acids is 3. The second-order valence-electron chi connectivity index (χ2n) is 7.02. The molecule has 0 bridgehead atoms. The monoisotopic (exact) mass is 448 g/mol. The molecule has 32 heavy (non-hydrogen) atoms. The summed E-state index contributed by atoms with van der Waals surface area (Å²) in [6.07, 6.45) is -0.379. The van der Waals surface area contributed by atoms with Crippen LogP contribution in [0.1, 0.15) is 26.3 Å². The molecule has 0 spiro atoms. The van der Waals surface area contributed by atoms with E-state index >= 15 is 0 Å². The van der Waals surface area contributed by atoms with Crippen LogP contribution in [0.25, 0.3) is 0 Å². The quantitative estimate of drug-likeness (QED) is 0.330. The van der Waals surface area contributed by atoms with Gasteiger partial charge in [-0.25, -0.2) is 9.59 Å². The smallest absolute Gasteiger partial charge is 0.414 e. The van der Waals surface area contributed by atoms with Crippen molar-refractivity contribution in [2.45, 2.75) is 10.6 Å². The summed E-state index contributed by atoms with van der Waals surface area (Å²) >= 11 is 1.62. The Balaban J connectivity index is 1.31. The maximum absolute atomic E-state index is 12.4. The van der Waals surface area contributed by atoms with Crippen molar-refractivity contribution >= 4 is 35.4 Å². The molecule has 4 rings (SSSR count). The molecule has 0 saturated carbocycles. The summed E-state index contributed by atoms with van der Waals surface area (Å²) in [6.45, 7) is 0.867. The van der Waals surface area contributed by atoms with Crippen molar-refractivity contribution < 1.29 is 23.9 Å². The Morgan fingerprint density at radius 3 is 2.19 bits per heavy atom. The lowest BCUT2D eigenvalue weighted by Crippen LogP contribution is -2.23. The van der Waals surface area contributed by atoms with Crippen LogP contribution in [0, 0.1) is 0 Å². The van der Waals surface area contributed by atoms with E-state index in [9.17, 15) is 14.4 Å². The SMILES string of the molecule is NC(=O)c1ccc(CSc2ccc(C(=O)Oc3ccc(N4CCOC4=O)cc3)cc2)cc1. The number of carbonyl (C=O) groups is 3. The molecule has 3 aromatic carbocycles. The zero-order valence-corrected chi connectivity index (χ0v) is 17.8. The number of amides is 2. The van der Waals surface area contributed by atoms with E-state index in [2.05, 4.69) is 0 Å². The molecule has 0 aliphatic carbocycles. The molecule has 0 atom stereocenters. The van der Waals surface area contributed by atoms with Crippen LogP contribution >= 0.6 is 11.8 Å². The van der Waals surface area contributed by atoms with Crippen molar-refractivity contribution in [3.63, 3.8) is 0 Å². The number of hydrogen-bond donors (Lipinski definition) is 1. The Kier molecular flexibility index (Phi) is 6.42. The largest absolute Gasteiger partial charge is 0.447 e. The van der Waals surface area contributed by atoms with Crippen molar-refractivity contribution in [1.82, 2.24) is 0 Å². The number of esters is 1. The van der Waals surface area contributed by atoms with Crippen molar-refractivity contribution in [3.05, 3.63) is 89.5 Å². The highest BCUT2D eigenvalue weighted by Gasteiger charge is 2.23. The van der Waals surface area contributed by atoms with E-state index < -0.39 is 11.9 Å². The zero-order valence-electron chi connectivity index (χ0n) is 17.0. The number of hydrogen-bond acceptors (Lipinski definition) is 6. The first-order chi connectivity index (χ1) is 15.5. The Labute approximate surface area is 189 Å². The normalized spacial score (nSPS) is 13.0. The van der Waals surface area contributed by atoms with Crippen LogP contribution in [-0.4, -0.2) is 31.1 Å². The number of cyclic esters (lactones) is 1. The van der Waals surface area contributed by atoms with Gasteiger partial charge in [-0.15, -0.1) is 11.8 Å². The van der Waals surface area contributed by atoms with E-state index in [0.29, 0.717) is 35.7 Å². The number of benzene rings is 3. The van der Waals surface area contributed by atoms with E-state index in [-0.39, 0.29) is 6.09 Å². The maximum atomic E-state index is 12.4. The summed E-state index contributed by atoms with van der Waals surface area (Å²) < 4.78 is 10.3. The maximum Gasteiger partial charge on any atom is 0.414 e. The van der Waals surface area contributed by atoms with E-state index in [0.717, 1.165) is 16.2 Å². The Bertz CT molecular complexity index is 1130. The molecule has 3 aromatic rings. The highest BCUT2D eigenvalue weighted by molar-refractivity contribution is 7.98. The van der Waals surface area contributed by atoms with Crippen LogP contribution in [0.5, 0.6) is 5.75 Å². The van der Waals surface area contributed by atoms with Gasteiger partial charge in [0.2, 0.25) is 5.91 Å². The van der Waals surface area contributed by atoms with Gasteiger partial charge in [-0.2, -0.15) is 0 Å². The van der Waals surface area contributed by atoms with Gasteiger partial charge in [0.15, 0.2) is 0 Å². The average molecular weight is 449 g/mol. The van der Waals surface area contributed by atoms with Crippen molar-refractivity contribution in [3.8, 4) is 5.75 Å². The second kappa shape index (κ2) is 9.57. The molecule has 1 heterocycles. The van der Waals surface area contributed by atoms with Crippen LogP contribution in [0.4, 0.5) is 10.5 Å². The molecule has 1 saturated heterocycles. The highest BCUT2D eigenvalue weighted by atomic mass is 32.2. The summed E-state index contributed by atoms with van der Waals surface area (Å²) in [5.41, 5.74) is 7.93. The predicted molar refractivity (Wildman–Crippen MR) is 121 cm³/mol. The van der Waals surface area contributed by atoms with Gasteiger partial charge in [0.25, 0.3) is 0 Å². The Hall–Kier alpha value is -3.78. The van der Waals surface area contributed by atoms with Crippen LogP contribution in [0.15, 0.2) is 77.7 Å². The van der Waals surface area contributed by atoms with E-state index in [4.69, 9.17) is 15.2 Å². The van der Waals surface area contributed by atoms with Crippen molar-refractivity contribution in [2.24, 2.45) is 5.73 Å². The van der Waals surface area contributed by atoms with Crippen molar-refractivity contribution in [2.75, 3.05) is 18.1 Å². The summed E-state index contributed by atoms with van der Waals surface area (Å²) in [6, 6.07) is 21.0. The fourth-order valence-corrected chi connectivity index (χ4v) is 3.96. The molecular weight excluding hydrogens is 428 g/mol. The molecule has 0 radical (unpaired) electrons. The van der Waals surface area contributed by atoms with Gasteiger partial charge in [0.05, 0.1) is 12.1 Å². The molecule has 162 valence electrons. The third-order valence-electron chi connectivity index (χ3n) is 4.85. The first-order valence-corrected chi connectivity index (χ1v) is 10.9. The summed E-state index contributed by atoms with van der Waals surface area (Å²) in [5, 5.41) is 0. The van der Waals surface area contributed by atoms with Gasteiger partial charge in [0, 0.05) is 21.9 Å². The Morgan fingerprint density at radius 1 is 0.938 bits per heavy atom. The molecule has 1 aliphatic heterocycles. The molecule has 0 aromatic heterocycles. The van der Waals surface area contributed by atoms with Crippen LogP contribution in [0.2, 0.25) is 0 Å². The van der Waals surface area contributed by atoms with Gasteiger partial charge in [0.1, 0.15) is 12.4 Å². The van der Waals surface area contributed by atoms with Crippen LogP contribution in [-0.2, 0) is 10.5 Å². The topological polar surface area (TPSA) is 98.9 Å². The Morgan fingerprint density at radius 2 is 1.59 bits per heavy atom. The van der Waals surface area contributed by atoms with E-state index in [1.54, 1.807) is 60.3 Å². The molecule has 0 unspecified atom stereocenters. The average Bonchev–Trinajstić information content (AvgIpc) is 3.24. The van der Waals surface area contributed by atoms with Gasteiger partial charge >= 0.3 is 12.1 Å². The summed E-state index contributed by atoms with van der Waals surface area (Å²) in [4.78, 5) is 37.7. The molecule has 1 aliphatic rings. The lowest BCUT2D eigenvalue weighted by Gasteiger charge is -2.13. The molecule has 7 nitrogen and oxygen atoms in total.